The van der Waals surface area contributed by atoms with Crippen molar-refractivity contribution >= 4 is 22.5 Å². The van der Waals surface area contributed by atoms with E-state index in [1.807, 2.05) is 36.4 Å². The number of fused-ring (bicyclic) bond motifs is 1. The number of methoxy groups -OCH3 is 2. The summed E-state index contributed by atoms with van der Waals surface area (Å²) in [6.07, 6.45) is 1.56. The van der Waals surface area contributed by atoms with Crippen molar-refractivity contribution in [2.24, 2.45) is 5.10 Å². The van der Waals surface area contributed by atoms with E-state index in [-0.39, 0.29) is 5.91 Å². The quantitative estimate of drug-likeness (QED) is 0.365. The Hall–Kier alpha value is -4.13. The summed E-state index contributed by atoms with van der Waals surface area (Å²) in [5.41, 5.74) is 5.68. The van der Waals surface area contributed by atoms with Crippen LogP contribution >= 0.6 is 0 Å². The smallest absolute Gasteiger partial charge is 0.272 e. The lowest BCUT2D eigenvalue weighted by molar-refractivity contribution is 0.0956. The lowest BCUT2D eigenvalue weighted by Crippen LogP contribution is -2.20. The highest BCUT2D eigenvalue weighted by molar-refractivity contribution is 6.08. The SMILES string of the molecule is COc1ccc(-c2cc(C(=O)N/N=C(/C)c3ccco3)c3ccccc3n2)c(OC)c1. The molecule has 2 aromatic heterocycles. The number of amides is 1. The third-order valence-electron chi connectivity index (χ3n) is 4.85. The molecule has 156 valence electrons. The average Bonchev–Trinajstić information content (AvgIpc) is 3.36. The van der Waals surface area contributed by atoms with E-state index >= 15 is 0 Å². The molecule has 0 saturated carbocycles. The Labute approximate surface area is 179 Å². The zero-order valence-electron chi connectivity index (χ0n) is 17.4. The van der Waals surface area contributed by atoms with Crippen LogP contribution in [-0.4, -0.2) is 30.8 Å². The van der Waals surface area contributed by atoms with Crippen LogP contribution in [0.1, 0.15) is 23.0 Å². The van der Waals surface area contributed by atoms with E-state index in [9.17, 15) is 4.79 Å². The number of nitrogens with one attached hydrogen (secondary N) is 1. The first kappa shape index (κ1) is 20.2. The molecule has 0 spiro atoms. The molecule has 0 aliphatic rings. The number of nitrogens with zero attached hydrogens (tertiary/aromatic N) is 2. The van der Waals surface area contributed by atoms with Gasteiger partial charge in [-0.1, -0.05) is 18.2 Å². The highest BCUT2D eigenvalue weighted by Crippen LogP contribution is 2.34. The molecule has 1 N–H and O–H groups in total. The molecule has 4 aromatic rings. The van der Waals surface area contributed by atoms with Crippen LogP contribution < -0.4 is 14.9 Å². The van der Waals surface area contributed by atoms with Gasteiger partial charge in [0.25, 0.3) is 5.91 Å². The van der Waals surface area contributed by atoms with Crippen molar-refractivity contribution in [2.45, 2.75) is 6.92 Å². The van der Waals surface area contributed by atoms with Gasteiger partial charge in [0.15, 0.2) is 0 Å². The summed E-state index contributed by atoms with van der Waals surface area (Å²) in [6.45, 7) is 1.76. The molecule has 0 bridgehead atoms. The van der Waals surface area contributed by atoms with E-state index in [0.29, 0.717) is 39.7 Å². The first-order valence-corrected chi connectivity index (χ1v) is 9.61. The van der Waals surface area contributed by atoms with Gasteiger partial charge in [-0.25, -0.2) is 10.4 Å². The molecule has 7 heteroatoms. The van der Waals surface area contributed by atoms with Crippen LogP contribution in [0.4, 0.5) is 0 Å². The fraction of sp³-hybridized carbons (Fsp3) is 0.125. The van der Waals surface area contributed by atoms with Crippen molar-refractivity contribution in [1.29, 1.82) is 0 Å². The number of hydrogen-bond donors (Lipinski definition) is 1. The summed E-state index contributed by atoms with van der Waals surface area (Å²) < 4.78 is 16.1. The highest BCUT2D eigenvalue weighted by atomic mass is 16.5. The maximum atomic E-state index is 13.0. The first-order chi connectivity index (χ1) is 15.1. The molecule has 7 nitrogen and oxygen atoms in total. The molecule has 0 fully saturated rings. The number of benzene rings is 2. The zero-order chi connectivity index (χ0) is 21.8. The van der Waals surface area contributed by atoms with Gasteiger partial charge < -0.3 is 13.9 Å². The predicted octanol–water partition coefficient (Wildman–Crippen LogP) is 4.67. The van der Waals surface area contributed by atoms with Crippen LogP contribution in [-0.2, 0) is 0 Å². The van der Waals surface area contributed by atoms with E-state index < -0.39 is 0 Å². The van der Waals surface area contributed by atoms with E-state index in [2.05, 4.69) is 10.5 Å². The predicted molar refractivity (Wildman–Crippen MR) is 119 cm³/mol. The van der Waals surface area contributed by atoms with Gasteiger partial charge in [-0.05, 0) is 43.3 Å². The average molecular weight is 415 g/mol. The third-order valence-corrected chi connectivity index (χ3v) is 4.85. The minimum Gasteiger partial charge on any atom is -0.497 e. The Bertz CT molecular complexity index is 1260. The van der Waals surface area contributed by atoms with Gasteiger partial charge in [-0.2, -0.15) is 5.10 Å². The van der Waals surface area contributed by atoms with Gasteiger partial charge >= 0.3 is 0 Å². The minimum absolute atomic E-state index is 0.349. The van der Waals surface area contributed by atoms with Crippen LogP contribution in [0.15, 0.2) is 76.4 Å². The molecule has 0 saturated heterocycles. The van der Waals surface area contributed by atoms with Crippen LogP contribution in [0.2, 0.25) is 0 Å². The Morgan fingerprint density at radius 3 is 2.61 bits per heavy atom. The number of furan rings is 1. The molecular weight excluding hydrogens is 394 g/mol. The maximum absolute atomic E-state index is 13.0. The fourth-order valence-electron chi connectivity index (χ4n) is 3.25. The van der Waals surface area contributed by atoms with Gasteiger partial charge in [0.05, 0.1) is 37.3 Å². The minimum atomic E-state index is -0.349. The van der Waals surface area contributed by atoms with E-state index in [1.54, 1.807) is 51.7 Å². The Balaban J connectivity index is 1.77. The number of ether oxygens (including phenoxy) is 2. The topological polar surface area (TPSA) is 86.0 Å². The lowest BCUT2D eigenvalue weighted by Gasteiger charge is -2.13. The number of para-hydroxylation sites is 1. The number of hydrogen-bond acceptors (Lipinski definition) is 6. The summed E-state index contributed by atoms with van der Waals surface area (Å²) in [7, 11) is 3.18. The molecule has 1 amide bonds. The number of aromatic nitrogens is 1. The summed E-state index contributed by atoms with van der Waals surface area (Å²) >= 11 is 0. The number of carbonyl (C=O) groups excluding carboxylic acids is 1. The molecular formula is C24H21N3O4. The molecule has 4 rings (SSSR count). The van der Waals surface area contributed by atoms with Crippen molar-refractivity contribution < 1.29 is 18.7 Å². The number of rotatable bonds is 6. The van der Waals surface area contributed by atoms with Crippen molar-refractivity contribution in [1.82, 2.24) is 10.4 Å². The van der Waals surface area contributed by atoms with Crippen molar-refractivity contribution in [2.75, 3.05) is 14.2 Å². The molecule has 0 radical (unpaired) electrons. The Morgan fingerprint density at radius 2 is 1.87 bits per heavy atom. The number of hydrazone groups is 1. The van der Waals surface area contributed by atoms with Gasteiger partial charge in [0.1, 0.15) is 23.0 Å². The van der Waals surface area contributed by atoms with Gasteiger partial charge in [0, 0.05) is 17.0 Å². The van der Waals surface area contributed by atoms with E-state index in [4.69, 9.17) is 18.9 Å². The molecule has 2 heterocycles. The van der Waals surface area contributed by atoms with Crippen LogP contribution in [0, 0.1) is 0 Å². The molecule has 0 aliphatic carbocycles. The second kappa shape index (κ2) is 8.71. The van der Waals surface area contributed by atoms with Crippen LogP contribution in [0.25, 0.3) is 22.2 Å². The Morgan fingerprint density at radius 1 is 1.03 bits per heavy atom. The monoisotopic (exact) mass is 415 g/mol. The summed E-state index contributed by atoms with van der Waals surface area (Å²) in [4.78, 5) is 17.8. The molecule has 31 heavy (non-hydrogen) atoms. The largest absolute Gasteiger partial charge is 0.497 e. The Kier molecular flexibility index (Phi) is 5.66. The standard InChI is InChI=1S/C24H21N3O4/c1-15(22-9-6-12-31-22)26-27-24(28)19-14-21(25-20-8-5-4-7-17(19)20)18-11-10-16(29-2)13-23(18)30-3/h4-14H,1-3H3,(H,27,28)/b26-15-. The third kappa shape index (κ3) is 4.11. The normalized spacial score (nSPS) is 11.4. The van der Waals surface area contributed by atoms with Gasteiger partial charge in [-0.3, -0.25) is 4.79 Å². The number of pyridine rings is 1. The summed E-state index contributed by atoms with van der Waals surface area (Å²) in [6, 6.07) is 18.2. The fourth-order valence-corrected chi connectivity index (χ4v) is 3.25. The zero-order valence-corrected chi connectivity index (χ0v) is 17.4. The molecule has 0 atom stereocenters. The second-order valence-corrected chi connectivity index (χ2v) is 6.75. The van der Waals surface area contributed by atoms with E-state index in [0.717, 1.165) is 10.9 Å². The van der Waals surface area contributed by atoms with Gasteiger partial charge in [-0.15, -0.1) is 0 Å². The van der Waals surface area contributed by atoms with Crippen molar-refractivity contribution in [3.63, 3.8) is 0 Å². The summed E-state index contributed by atoms with van der Waals surface area (Å²) in [5.74, 6) is 1.50. The second-order valence-electron chi connectivity index (χ2n) is 6.75. The lowest BCUT2D eigenvalue weighted by atomic mass is 10.0. The van der Waals surface area contributed by atoms with Crippen LogP contribution in [0.5, 0.6) is 11.5 Å². The van der Waals surface area contributed by atoms with Crippen molar-refractivity contribution in [3.05, 3.63) is 78.3 Å². The molecule has 0 unspecified atom stereocenters. The number of carbonyl (C=O) groups is 1. The molecule has 2 aromatic carbocycles. The molecule has 0 aliphatic heterocycles. The summed E-state index contributed by atoms with van der Waals surface area (Å²) in [5, 5.41) is 4.89. The van der Waals surface area contributed by atoms with Crippen molar-refractivity contribution in [3.8, 4) is 22.8 Å². The highest BCUT2D eigenvalue weighted by Gasteiger charge is 2.16. The maximum Gasteiger partial charge on any atom is 0.272 e. The van der Waals surface area contributed by atoms with Crippen LogP contribution in [0.3, 0.4) is 0 Å². The van der Waals surface area contributed by atoms with E-state index in [1.165, 1.54) is 0 Å². The van der Waals surface area contributed by atoms with Gasteiger partial charge in [0.2, 0.25) is 0 Å². The first-order valence-electron chi connectivity index (χ1n) is 9.61.